The van der Waals surface area contributed by atoms with Gasteiger partial charge in [0, 0.05) is 12.6 Å². The number of nitrogens with two attached hydrogens (primary N) is 1. The summed E-state index contributed by atoms with van der Waals surface area (Å²) < 4.78 is 6.90. The van der Waals surface area contributed by atoms with E-state index in [0.29, 0.717) is 27.9 Å². The topological polar surface area (TPSA) is 78.8 Å². The van der Waals surface area contributed by atoms with Crippen molar-refractivity contribution in [3.05, 3.63) is 29.5 Å². The molecule has 0 spiro atoms. The number of methoxy groups -OCH3 is 1. The summed E-state index contributed by atoms with van der Waals surface area (Å²) in [4.78, 5) is 8.22. The lowest BCUT2D eigenvalue weighted by Crippen LogP contribution is -1.95. The zero-order chi connectivity index (χ0) is 14.3. The molecule has 0 aliphatic heterocycles. The lowest BCUT2D eigenvalue weighted by Gasteiger charge is -2.05. The smallest absolute Gasteiger partial charge is 0.163 e. The summed E-state index contributed by atoms with van der Waals surface area (Å²) >= 11 is 6.04. The fourth-order valence-corrected chi connectivity index (χ4v) is 2.31. The molecule has 0 radical (unpaired) electrons. The van der Waals surface area contributed by atoms with Crippen LogP contribution in [0.25, 0.3) is 22.3 Å². The molecule has 2 heterocycles. The molecule has 0 atom stereocenters. The van der Waals surface area contributed by atoms with E-state index in [4.69, 9.17) is 22.1 Å². The summed E-state index contributed by atoms with van der Waals surface area (Å²) in [6.45, 7) is 0. The van der Waals surface area contributed by atoms with Gasteiger partial charge in [-0.05, 0) is 12.1 Å². The number of aryl methyl sites for hydroxylation is 1. The monoisotopic (exact) mass is 289 g/mol. The zero-order valence-electron chi connectivity index (χ0n) is 11.0. The van der Waals surface area contributed by atoms with Crippen LogP contribution in [-0.4, -0.2) is 26.9 Å². The maximum atomic E-state index is 6.04. The maximum absolute atomic E-state index is 6.04. The number of rotatable bonds is 2. The van der Waals surface area contributed by atoms with E-state index in [2.05, 4.69) is 15.1 Å². The van der Waals surface area contributed by atoms with Gasteiger partial charge in [0.25, 0.3) is 0 Å². The van der Waals surface area contributed by atoms with Gasteiger partial charge in [-0.25, -0.2) is 14.6 Å². The van der Waals surface area contributed by atoms with Gasteiger partial charge in [-0.3, -0.25) is 0 Å². The molecule has 0 saturated heterocycles. The normalized spacial score (nSPS) is 10.9. The van der Waals surface area contributed by atoms with Gasteiger partial charge in [0.1, 0.15) is 23.6 Å². The van der Waals surface area contributed by atoms with E-state index >= 15 is 0 Å². The van der Waals surface area contributed by atoms with Crippen LogP contribution in [0, 0.1) is 0 Å². The first-order chi connectivity index (χ1) is 9.61. The quantitative estimate of drug-likeness (QED) is 0.783. The van der Waals surface area contributed by atoms with E-state index in [1.54, 1.807) is 17.9 Å². The largest absolute Gasteiger partial charge is 0.495 e. The summed E-state index contributed by atoms with van der Waals surface area (Å²) in [7, 11) is 3.38. The summed E-state index contributed by atoms with van der Waals surface area (Å²) in [6, 6.07) is 5.44. The van der Waals surface area contributed by atoms with Gasteiger partial charge in [-0.1, -0.05) is 17.7 Å². The zero-order valence-corrected chi connectivity index (χ0v) is 11.7. The highest BCUT2D eigenvalue weighted by atomic mass is 35.5. The van der Waals surface area contributed by atoms with Crippen LogP contribution >= 0.6 is 11.6 Å². The van der Waals surface area contributed by atoms with Gasteiger partial charge in [0.2, 0.25) is 0 Å². The minimum absolute atomic E-state index is 0.395. The molecule has 0 aliphatic carbocycles. The molecular weight excluding hydrogens is 278 g/mol. The third-order valence-electron chi connectivity index (χ3n) is 3.07. The first kappa shape index (κ1) is 12.7. The fraction of sp³-hybridized carbons (Fsp3) is 0.154. The molecule has 0 bridgehead atoms. The van der Waals surface area contributed by atoms with Crippen LogP contribution in [0.2, 0.25) is 5.02 Å². The molecule has 3 rings (SSSR count). The van der Waals surface area contributed by atoms with Crippen molar-refractivity contribution in [3.63, 3.8) is 0 Å². The Labute approximate surface area is 120 Å². The van der Waals surface area contributed by atoms with E-state index in [0.717, 1.165) is 10.9 Å². The van der Waals surface area contributed by atoms with E-state index in [9.17, 15) is 0 Å². The van der Waals surface area contributed by atoms with E-state index in [1.807, 2.05) is 19.2 Å². The Kier molecular flexibility index (Phi) is 2.94. The van der Waals surface area contributed by atoms with Crippen molar-refractivity contribution in [1.82, 2.24) is 19.7 Å². The molecule has 102 valence electrons. The lowest BCUT2D eigenvalue weighted by molar-refractivity contribution is 0.415. The molecule has 3 aromatic rings. The van der Waals surface area contributed by atoms with Crippen molar-refractivity contribution in [2.75, 3.05) is 12.8 Å². The molecular formula is C13H12ClN5O. The van der Waals surface area contributed by atoms with Crippen LogP contribution in [0.5, 0.6) is 5.75 Å². The number of aromatic nitrogens is 4. The molecule has 0 unspecified atom stereocenters. The average Bonchev–Trinajstić information content (AvgIpc) is 2.78. The molecule has 0 aliphatic rings. The summed E-state index contributed by atoms with van der Waals surface area (Å²) in [5.41, 5.74) is 8.18. The first-order valence-corrected chi connectivity index (χ1v) is 6.26. The second-order valence-electron chi connectivity index (χ2n) is 4.28. The number of nitrogen functional groups attached to an aromatic ring is 1. The van der Waals surface area contributed by atoms with Gasteiger partial charge in [-0.2, -0.15) is 5.10 Å². The number of fused-ring (bicyclic) bond motifs is 1. The molecule has 2 N–H and O–H groups in total. The highest BCUT2D eigenvalue weighted by Gasteiger charge is 2.16. The third kappa shape index (κ3) is 1.85. The fourth-order valence-electron chi connectivity index (χ4n) is 2.12. The van der Waals surface area contributed by atoms with Gasteiger partial charge in [0.15, 0.2) is 5.65 Å². The van der Waals surface area contributed by atoms with Crippen molar-refractivity contribution in [2.24, 2.45) is 7.05 Å². The van der Waals surface area contributed by atoms with Crippen LogP contribution in [0.4, 0.5) is 5.82 Å². The predicted octanol–water partition coefficient (Wildman–Crippen LogP) is 2.27. The van der Waals surface area contributed by atoms with Crippen LogP contribution in [-0.2, 0) is 7.05 Å². The summed E-state index contributed by atoms with van der Waals surface area (Å²) in [5, 5.41) is 5.73. The van der Waals surface area contributed by atoms with Gasteiger partial charge < -0.3 is 10.5 Å². The Morgan fingerprint density at radius 2 is 2.10 bits per heavy atom. The van der Waals surface area contributed by atoms with Crippen molar-refractivity contribution in [3.8, 4) is 17.0 Å². The Hall–Kier alpha value is -2.34. The molecule has 6 nitrogen and oxygen atoms in total. The molecule has 2 aromatic heterocycles. The lowest BCUT2D eigenvalue weighted by atomic mass is 10.1. The first-order valence-electron chi connectivity index (χ1n) is 5.89. The van der Waals surface area contributed by atoms with Gasteiger partial charge in [0.05, 0.1) is 17.5 Å². The Morgan fingerprint density at radius 3 is 2.85 bits per heavy atom. The van der Waals surface area contributed by atoms with Crippen molar-refractivity contribution >= 4 is 28.5 Å². The predicted molar refractivity (Wildman–Crippen MR) is 77.7 cm³/mol. The maximum Gasteiger partial charge on any atom is 0.163 e. The Bertz CT molecular complexity index is 799. The number of nitrogens with zero attached hydrogens (tertiary/aromatic N) is 4. The van der Waals surface area contributed by atoms with Gasteiger partial charge in [-0.15, -0.1) is 0 Å². The molecule has 0 fully saturated rings. The summed E-state index contributed by atoms with van der Waals surface area (Å²) in [5.74, 6) is 0.977. The highest BCUT2D eigenvalue weighted by Crippen LogP contribution is 2.34. The van der Waals surface area contributed by atoms with Crippen molar-refractivity contribution in [2.45, 2.75) is 0 Å². The molecule has 0 amide bonds. The Balaban J connectivity index is 2.30. The van der Waals surface area contributed by atoms with E-state index in [-0.39, 0.29) is 0 Å². The second kappa shape index (κ2) is 4.64. The van der Waals surface area contributed by atoms with Crippen LogP contribution < -0.4 is 10.5 Å². The van der Waals surface area contributed by atoms with Crippen LogP contribution in [0.3, 0.4) is 0 Å². The number of halogens is 1. The van der Waals surface area contributed by atoms with Crippen molar-refractivity contribution < 1.29 is 4.74 Å². The third-order valence-corrected chi connectivity index (χ3v) is 3.39. The van der Waals surface area contributed by atoms with E-state index < -0.39 is 0 Å². The van der Waals surface area contributed by atoms with Crippen LogP contribution in [0.1, 0.15) is 0 Å². The molecule has 1 aromatic carbocycles. The number of ether oxygens (including phenoxy) is 1. The standard InChI is InChI=1S/C13H12ClN5O/c1-19-13-10(12(15)16-6-17-13)11(18-19)7-3-4-8(14)9(5-7)20-2/h3-6H,1-2H3,(H2,15,16,17). The summed E-state index contributed by atoms with van der Waals surface area (Å²) in [6.07, 6.45) is 1.42. The number of anilines is 1. The minimum atomic E-state index is 0.395. The highest BCUT2D eigenvalue weighted by molar-refractivity contribution is 6.32. The second-order valence-corrected chi connectivity index (χ2v) is 4.69. The SMILES string of the molecule is COc1cc(-c2nn(C)c3ncnc(N)c23)ccc1Cl. The Morgan fingerprint density at radius 1 is 1.30 bits per heavy atom. The number of benzene rings is 1. The molecule has 0 saturated carbocycles. The minimum Gasteiger partial charge on any atom is -0.495 e. The number of hydrogen-bond acceptors (Lipinski definition) is 5. The van der Waals surface area contributed by atoms with Gasteiger partial charge >= 0.3 is 0 Å². The van der Waals surface area contributed by atoms with E-state index in [1.165, 1.54) is 6.33 Å². The van der Waals surface area contributed by atoms with Crippen molar-refractivity contribution in [1.29, 1.82) is 0 Å². The molecule has 7 heteroatoms. The number of hydrogen-bond donors (Lipinski definition) is 1. The van der Waals surface area contributed by atoms with Crippen LogP contribution in [0.15, 0.2) is 24.5 Å². The average molecular weight is 290 g/mol. The molecule has 20 heavy (non-hydrogen) atoms.